The maximum Gasteiger partial charge on any atom is 0.303 e. The summed E-state index contributed by atoms with van der Waals surface area (Å²) in [6.45, 7) is 0.886. The molecule has 1 aliphatic heterocycles. The molecule has 0 aromatic heterocycles. The number of hydrogen-bond donors (Lipinski definition) is 3. The third-order valence-electron chi connectivity index (χ3n) is 3.47. The van der Waals surface area contributed by atoms with E-state index in [1.54, 1.807) is 6.07 Å². The standard InChI is InChI=1S/C13H18N2O3/c1-15-7-6-9-11(15)4-2-8(13(9)18)10(14)3-5-12(16)17/h2,4,10,18H,3,5-7,14H2,1H3,(H,16,17). The lowest BCUT2D eigenvalue weighted by Gasteiger charge is -2.17. The van der Waals surface area contributed by atoms with Crippen molar-refractivity contribution < 1.29 is 15.0 Å². The molecule has 0 amide bonds. The van der Waals surface area contributed by atoms with E-state index in [1.165, 1.54) is 0 Å². The number of rotatable bonds is 4. The molecule has 0 fully saturated rings. The number of carbonyl (C=O) groups is 1. The summed E-state index contributed by atoms with van der Waals surface area (Å²) >= 11 is 0. The summed E-state index contributed by atoms with van der Waals surface area (Å²) in [5.74, 6) is -0.638. The van der Waals surface area contributed by atoms with Crippen LogP contribution >= 0.6 is 0 Å². The van der Waals surface area contributed by atoms with Gasteiger partial charge in [0, 0.05) is 42.9 Å². The summed E-state index contributed by atoms with van der Waals surface area (Å²) in [5, 5.41) is 18.9. The first-order valence-electron chi connectivity index (χ1n) is 6.04. The summed E-state index contributed by atoms with van der Waals surface area (Å²) in [6, 6.07) is 3.30. The molecule has 5 nitrogen and oxygen atoms in total. The Bertz CT molecular complexity index is 474. The number of phenols is 1. The van der Waals surface area contributed by atoms with Gasteiger partial charge in [-0.2, -0.15) is 0 Å². The minimum atomic E-state index is -0.870. The van der Waals surface area contributed by atoms with Crippen molar-refractivity contribution in [1.29, 1.82) is 0 Å². The number of nitrogens with zero attached hydrogens (tertiary/aromatic N) is 1. The van der Waals surface area contributed by atoms with Gasteiger partial charge in [-0.25, -0.2) is 0 Å². The molecule has 98 valence electrons. The predicted molar refractivity (Wildman–Crippen MR) is 68.9 cm³/mol. The van der Waals surface area contributed by atoms with Crippen molar-refractivity contribution in [3.8, 4) is 5.75 Å². The summed E-state index contributed by atoms with van der Waals surface area (Å²) < 4.78 is 0. The maximum atomic E-state index is 10.5. The average Bonchev–Trinajstić information content (AvgIpc) is 2.69. The van der Waals surface area contributed by atoms with E-state index in [0.29, 0.717) is 12.0 Å². The van der Waals surface area contributed by atoms with Gasteiger partial charge in [-0.3, -0.25) is 4.79 Å². The SMILES string of the molecule is CN1CCc2c1ccc(C(N)CCC(=O)O)c2O. The molecule has 0 aliphatic carbocycles. The van der Waals surface area contributed by atoms with Gasteiger partial charge >= 0.3 is 5.97 Å². The molecule has 1 unspecified atom stereocenters. The molecule has 1 atom stereocenters. The zero-order valence-corrected chi connectivity index (χ0v) is 10.4. The fourth-order valence-corrected chi connectivity index (χ4v) is 2.38. The summed E-state index contributed by atoms with van der Waals surface area (Å²) in [7, 11) is 1.98. The van der Waals surface area contributed by atoms with Gasteiger partial charge in [-0.15, -0.1) is 0 Å². The molecule has 1 aliphatic rings. The largest absolute Gasteiger partial charge is 0.507 e. The lowest BCUT2D eigenvalue weighted by atomic mass is 9.98. The molecule has 18 heavy (non-hydrogen) atoms. The second-order valence-electron chi connectivity index (χ2n) is 4.71. The molecule has 0 saturated carbocycles. The number of phenolic OH excluding ortho intramolecular Hbond substituents is 1. The number of nitrogens with two attached hydrogens (primary N) is 1. The molecule has 1 heterocycles. The number of aromatic hydroxyl groups is 1. The van der Waals surface area contributed by atoms with Gasteiger partial charge < -0.3 is 20.8 Å². The first kappa shape index (κ1) is 12.7. The number of fused-ring (bicyclic) bond motifs is 1. The van der Waals surface area contributed by atoms with E-state index in [9.17, 15) is 9.90 Å². The van der Waals surface area contributed by atoms with Crippen LogP contribution < -0.4 is 10.6 Å². The third-order valence-corrected chi connectivity index (χ3v) is 3.47. The van der Waals surface area contributed by atoms with Crippen molar-refractivity contribution in [2.24, 2.45) is 5.73 Å². The van der Waals surface area contributed by atoms with E-state index in [1.807, 2.05) is 13.1 Å². The van der Waals surface area contributed by atoms with Crippen LogP contribution in [-0.2, 0) is 11.2 Å². The molecule has 5 heteroatoms. The first-order valence-corrected chi connectivity index (χ1v) is 6.04. The van der Waals surface area contributed by atoms with Crippen LogP contribution in [0.1, 0.15) is 30.0 Å². The van der Waals surface area contributed by atoms with E-state index in [0.717, 1.165) is 24.2 Å². The predicted octanol–water partition coefficient (Wildman–Crippen LogP) is 1.25. The number of carboxylic acid groups (broad SMARTS) is 1. The Balaban J connectivity index is 2.22. The van der Waals surface area contributed by atoms with Gasteiger partial charge in [0.05, 0.1) is 0 Å². The van der Waals surface area contributed by atoms with E-state index < -0.39 is 12.0 Å². The highest BCUT2D eigenvalue weighted by atomic mass is 16.4. The van der Waals surface area contributed by atoms with Crippen molar-refractivity contribution in [2.75, 3.05) is 18.5 Å². The fourth-order valence-electron chi connectivity index (χ4n) is 2.38. The minimum absolute atomic E-state index is 0.0115. The van der Waals surface area contributed by atoms with Gasteiger partial charge in [0.1, 0.15) is 5.75 Å². The van der Waals surface area contributed by atoms with Crippen LogP contribution in [0.25, 0.3) is 0 Å². The lowest BCUT2D eigenvalue weighted by molar-refractivity contribution is -0.137. The second-order valence-corrected chi connectivity index (χ2v) is 4.71. The normalized spacial score (nSPS) is 15.6. The quantitative estimate of drug-likeness (QED) is 0.748. The number of benzene rings is 1. The number of carboxylic acids is 1. The molecule has 1 aromatic carbocycles. The highest BCUT2D eigenvalue weighted by Gasteiger charge is 2.23. The first-order chi connectivity index (χ1) is 8.50. The number of likely N-dealkylation sites (N-methyl/N-ethyl adjacent to an activating group) is 1. The van der Waals surface area contributed by atoms with Crippen molar-refractivity contribution in [3.63, 3.8) is 0 Å². The molecule has 0 saturated heterocycles. The summed E-state index contributed by atoms with van der Waals surface area (Å²) in [5.41, 5.74) is 8.53. The molecular weight excluding hydrogens is 232 g/mol. The van der Waals surface area contributed by atoms with Crippen molar-refractivity contribution in [2.45, 2.75) is 25.3 Å². The van der Waals surface area contributed by atoms with Gasteiger partial charge in [0.15, 0.2) is 0 Å². The smallest absolute Gasteiger partial charge is 0.303 e. The number of aliphatic carboxylic acids is 1. The minimum Gasteiger partial charge on any atom is -0.507 e. The van der Waals surface area contributed by atoms with E-state index >= 15 is 0 Å². The lowest BCUT2D eigenvalue weighted by Crippen LogP contribution is -2.14. The van der Waals surface area contributed by atoms with Crippen LogP contribution in [0, 0.1) is 0 Å². The summed E-state index contributed by atoms with van der Waals surface area (Å²) in [6.07, 6.45) is 1.15. The Morgan fingerprint density at radius 3 is 2.94 bits per heavy atom. The van der Waals surface area contributed by atoms with Gasteiger partial charge in [0.2, 0.25) is 0 Å². The molecule has 0 spiro atoms. The zero-order valence-electron chi connectivity index (χ0n) is 10.4. The van der Waals surface area contributed by atoms with Gasteiger partial charge in [0.25, 0.3) is 0 Å². The van der Waals surface area contributed by atoms with Crippen molar-refractivity contribution in [1.82, 2.24) is 0 Å². The zero-order chi connectivity index (χ0) is 13.3. The van der Waals surface area contributed by atoms with Crippen LogP contribution in [0.3, 0.4) is 0 Å². The van der Waals surface area contributed by atoms with E-state index in [-0.39, 0.29) is 12.2 Å². The Kier molecular flexibility index (Phi) is 3.43. The molecule has 0 radical (unpaired) electrons. The third kappa shape index (κ3) is 2.26. The van der Waals surface area contributed by atoms with Gasteiger partial charge in [-0.05, 0) is 18.9 Å². The maximum absolute atomic E-state index is 10.5. The monoisotopic (exact) mass is 250 g/mol. The van der Waals surface area contributed by atoms with Crippen LogP contribution in [0.15, 0.2) is 12.1 Å². The highest BCUT2D eigenvalue weighted by molar-refractivity contribution is 5.67. The molecular formula is C13H18N2O3. The second kappa shape index (κ2) is 4.86. The number of anilines is 1. The Labute approximate surface area is 106 Å². The number of hydrogen-bond acceptors (Lipinski definition) is 4. The average molecular weight is 250 g/mol. The van der Waals surface area contributed by atoms with Crippen LogP contribution in [0.2, 0.25) is 0 Å². The van der Waals surface area contributed by atoms with Crippen molar-refractivity contribution in [3.05, 3.63) is 23.3 Å². The Hall–Kier alpha value is -1.75. The van der Waals surface area contributed by atoms with Crippen molar-refractivity contribution >= 4 is 11.7 Å². The van der Waals surface area contributed by atoms with E-state index in [4.69, 9.17) is 10.8 Å². The van der Waals surface area contributed by atoms with E-state index in [2.05, 4.69) is 4.90 Å². The van der Waals surface area contributed by atoms with Crippen LogP contribution in [-0.4, -0.2) is 29.8 Å². The molecule has 2 rings (SSSR count). The topological polar surface area (TPSA) is 86.8 Å². The fraction of sp³-hybridized carbons (Fsp3) is 0.462. The van der Waals surface area contributed by atoms with Crippen LogP contribution in [0.4, 0.5) is 5.69 Å². The van der Waals surface area contributed by atoms with Crippen LogP contribution in [0.5, 0.6) is 5.75 Å². The van der Waals surface area contributed by atoms with Gasteiger partial charge in [-0.1, -0.05) is 6.07 Å². The molecule has 0 bridgehead atoms. The highest BCUT2D eigenvalue weighted by Crippen LogP contribution is 2.38. The summed E-state index contributed by atoms with van der Waals surface area (Å²) in [4.78, 5) is 12.6. The molecule has 4 N–H and O–H groups in total. The Morgan fingerprint density at radius 2 is 2.28 bits per heavy atom. The molecule has 1 aromatic rings. The Morgan fingerprint density at radius 1 is 1.56 bits per heavy atom.